The third-order valence-corrected chi connectivity index (χ3v) is 3.66. The number of anilines is 1. The zero-order valence-electron chi connectivity index (χ0n) is 12.7. The van der Waals surface area contributed by atoms with Crippen LogP contribution in [0.4, 0.5) is 5.69 Å². The van der Waals surface area contributed by atoms with Gasteiger partial charge in [0.15, 0.2) is 0 Å². The lowest BCUT2D eigenvalue weighted by Gasteiger charge is -2.38. The number of carbonyl (C=O) groups excluding carboxylic acids is 1. The van der Waals surface area contributed by atoms with Crippen LogP contribution in [0.25, 0.3) is 0 Å². The van der Waals surface area contributed by atoms with Gasteiger partial charge in [-0.15, -0.1) is 0 Å². The van der Waals surface area contributed by atoms with E-state index in [1.807, 2.05) is 20.8 Å². The standard InChI is InChI=1S/C16H21N3O2/c1-11-9-19(10-12(2)21-11)13(3)16(20)18-15-6-4-14(8-17)5-7-15/h4-7,11-13H,9-10H2,1-3H3,(H,18,20). The van der Waals surface area contributed by atoms with E-state index < -0.39 is 0 Å². The Bertz CT molecular complexity index is 525. The summed E-state index contributed by atoms with van der Waals surface area (Å²) < 4.78 is 5.69. The van der Waals surface area contributed by atoms with Crippen LogP contribution in [0, 0.1) is 11.3 Å². The molecular weight excluding hydrogens is 266 g/mol. The Hall–Kier alpha value is -1.90. The van der Waals surface area contributed by atoms with Crippen LogP contribution in [0.3, 0.4) is 0 Å². The molecule has 1 aliphatic heterocycles. The van der Waals surface area contributed by atoms with E-state index in [9.17, 15) is 4.79 Å². The van der Waals surface area contributed by atoms with Gasteiger partial charge in [0.05, 0.1) is 29.9 Å². The van der Waals surface area contributed by atoms with Crippen molar-refractivity contribution in [1.82, 2.24) is 4.90 Å². The summed E-state index contributed by atoms with van der Waals surface area (Å²) in [7, 11) is 0. The smallest absolute Gasteiger partial charge is 0.241 e. The van der Waals surface area contributed by atoms with E-state index >= 15 is 0 Å². The number of rotatable bonds is 3. The molecule has 5 nitrogen and oxygen atoms in total. The van der Waals surface area contributed by atoms with E-state index in [4.69, 9.17) is 10.00 Å². The molecule has 0 saturated carbocycles. The highest BCUT2D eigenvalue weighted by Gasteiger charge is 2.29. The summed E-state index contributed by atoms with van der Waals surface area (Å²) in [6, 6.07) is 8.72. The number of morpholine rings is 1. The lowest BCUT2D eigenvalue weighted by molar-refractivity contribution is -0.126. The second-order valence-electron chi connectivity index (χ2n) is 5.57. The normalized spacial score (nSPS) is 24.1. The minimum absolute atomic E-state index is 0.0407. The minimum atomic E-state index is -0.213. The summed E-state index contributed by atoms with van der Waals surface area (Å²) >= 11 is 0. The second-order valence-corrected chi connectivity index (χ2v) is 5.57. The summed E-state index contributed by atoms with van der Waals surface area (Å²) in [5, 5.41) is 11.7. The molecule has 112 valence electrons. The van der Waals surface area contributed by atoms with Gasteiger partial charge in [0.2, 0.25) is 5.91 Å². The largest absolute Gasteiger partial charge is 0.373 e. The Morgan fingerprint density at radius 2 is 1.90 bits per heavy atom. The zero-order chi connectivity index (χ0) is 15.4. The van der Waals surface area contributed by atoms with Gasteiger partial charge in [-0.1, -0.05) is 0 Å². The number of nitrogens with zero attached hydrogens (tertiary/aromatic N) is 2. The molecule has 2 rings (SSSR count). The fraction of sp³-hybridized carbons (Fsp3) is 0.500. The number of benzene rings is 1. The average Bonchev–Trinajstić information content (AvgIpc) is 2.46. The molecule has 5 heteroatoms. The number of ether oxygens (including phenoxy) is 1. The maximum absolute atomic E-state index is 12.3. The van der Waals surface area contributed by atoms with Crippen molar-refractivity contribution >= 4 is 11.6 Å². The summed E-state index contributed by atoms with van der Waals surface area (Å²) in [5.74, 6) is -0.0407. The Morgan fingerprint density at radius 1 is 1.33 bits per heavy atom. The highest BCUT2D eigenvalue weighted by atomic mass is 16.5. The van der Waals surface area contributed by atoms with Gasteiger partial charge in [0, 0.05) is 18.8 Å². The minimum Gasteiger partial charge on any atom is -0.373 e. The molecule has 0 aliphatic carbocycles. The van der Waals surface area contributed by atoms with Crippen LogP contribution in [0.15, 0.2) is 24.3 Å². The van der Waals surface area contributed by atoms with Crippen molar-refractivity contribution in [3.8, 4) is 6.07 Å². The van der Waals surface area contributed by atoms with Crippen LogP contribution >= 0.6 is 0 Å². The molecule has 3 unspecified atom stereocenters. The monoisotopic (exact) mass is 287 g/mol. The first-order valence-electron chi connectivity index (χ1n) is 7.20. The van der Waals surface area contributed by atoms with E-state index in [1.165, 1.54) is 0 Å². The second kappa shape index (κ2) is 6.70. The molecule has 1 aromatic carbocycles. The van der Waals surface area contributed by atoms with Crippen LogP contribution in [-0.4, -0.2) is 42.1 Å². The van der Waals surface area contributed by atoms with Crippen LogP contribution in [-0.2, 0) is 9.53 Å². The molecule has 1 aromatic rings. The fourth-order valence-electron chi connectivity index (χ4n) is 2.57. The molecule has 1 aliphatic rings. The van der Waals surface area contributed by atoms with Gasteiger partial charge in [0.25, 0.3) is 0 Å². The Labute approximate surface area is 125 Å². The predicted molar refractivity (Wildman–Crippen MR) is 80.8 cm³/mol. The Morgan fingerprint density at radius 3 is 2.43 bits per heavy atom. The van der Waals surface area contributed by atoms with E-state index in [0.717, 1.165) is 13.1 Å². The Kier molecular flexibility index (Phi) is 4.94. The third kappa shape index (κ3) is 4.03. The van der Waals surface area contributed by atoms with Crippen molar-refractivity contribution in [3.05, 3.63) is 29.8 Å². The summed E-state index contributed by atoms with van der Waals surface area (Å²) in [5.41, 5.74) is 1.29. The van der Waals surface area contributed by atoms with Gasteiger partial charge in [-0.3, -0.25) is 9.69 Å². The third-order valence-electron chi connectivity index (χ3n) is 3.66. The van der Waals surface area contributed by atoms with Crippen LogP contribution in [0.5, 0.6) is 0 Å². The predicted octanol–water partition coefficient (Wildman–Crippen LogP) is 1.99. The first-order valence-corrected chi connectivity index (χ1v) is 7.20. The number of carbonyl (C=O) groups is 1. The van der Waals surface area contributed by atoms with Gasteiger partial charge in [-0.05, 0) is 45.0 Å². The lowest BCUT2D eigenvalue weighted by atomic mass is 10.1. The maximum atomic E-state index is 12.3. The number of hydrogen-bond acceptors (Lipinski definition) is 4. The van der Waals surface area contributed by atoms with Crippen LogP contribution in [0.2, 0.25) is 0 Å². The lowest BCUT2D eigenvalue weighted by Crippen LogP contribution is -2.52. The van der Waals surface area contributed by atoms with Crippen molar-refractivity contribution in [2.24, 2.45) is 0 Å². The molecule has 3 atom stereocenters. The summed E-state index contributed by atoms with van der Waals surface area (Å²) in [4.78, 5) is 14.5. The fourth-order valence-corrected chi connectivity index (χ4v) is 2.57. The highest BCUT2D eigenvalue weighted by Crippen LogP contribution is 2.15. The van der Waals surface area contributed by atoms with Crippen molar-refractivity contribution in [1.29, 1.82) is 5.26 Å². The molecule has 1 N–H and O–H groups in total. The van der Waals surface area contributed by atoms with Crippen molar-refractivity contribution in [2.75, 3.05) is 18.4 Å². The van der Waals surface area contributed by atoms with Gasteiger partial charge >= 0.3 is 0 Å². The van der Waals surface area contributed by atoms with Gasteiger partial charge in [-0.2, -0.15) is 5.26 Å². The van der Waals surface area contributed by atoms with E-state index in [1.54, 1.807) is 24.3 Å². The van der Waals surface area contributed by atoms with Crippen molar-refractivity contribution < 1.29 is 9.53 Å². The molecule has 0 bridgehead atoms. The quantitative estimate of drug-likeness (QED) is 0.923. The molecule has 1 amide bonds. The first kappa shape index (κ1) is 15.5. The van der Waals surface area contributed by atoms with E-state index in [0.29, 0.717) is 11.3 Å². The maximum Gasteiger partial charge on any atom is 0.241 e. The number of amides is 1. The molecule has 0 aromatic heterocycles. The van der Waals surface area contributed by atoms with E-state index in [2.05, 4.69) is 16.3 Å². The molecule has 21 heavy (non-hydrogen) atoms. The van der Waals surface area contributed by atoms with Gasteiger partial charge in [-0.25, -0.2) is 0 Å². The first-order chi connectivity index (χ1) is 9.99. The SMILES string of the molecule is CC1CN(C(C)C(=O)Nc2ccc(C#N)cc2)CC(C)O1. The molecular formula is C16H21N3O2. The Balaban J connectivity index is 1.97. The van der Waals surface area contributed by atoms with Gasteiger partial charge < -0.3 is 10.1 Å². The topological polar surface area (TPSA) is 65.4 Å². The summed E-state index contributed by atoms with van der Waals surface area (Å²) in [6.07, 6.45) is 0.276. The highest BCUT2D eigenvalue weighted by molar-refractivity contribution is 5.94. The summed E-state index contributed by atoms with van der Waals surface area (Å²) in [6.45, 7) is 7.46. The molecule has 1 fully saturated rings. The van der Waals surface area contributed by atoms with Gasteiger partial charge in [0.1, 0.15) is 0 Å². The number of hydrogen-bond donors (Lipinski definition) is 1. The molecule has 1 saturated heterocycles. The van der Waals surface area contributed by atoms with Crippen molar-refractivity contribution in [2.45, 2.75) is 39.0 Å². The van der Waals surface area contributed by atoms with Crippen molar-refractivity contribution in [3.63, 3.8) is 0 Å². The molecule has 0 spiro atoms. The number of nitriles is 1. The van der Waals surface area contributed by atoms with Crippen LogP contribution < -0.4 is 5.32 Å². The number of nitrogens with one attached hydrogen (secondary N) is 1. The van der Waals surface area contributed by atoms with Crippen LogP contribution in [0.1, 0.15) is 26.3 Å². The molecule has 0 radical (unpaired) electrons. The van der Waals surface area contributed by atoms with E-state index in [-0.39, 0.29) is 24.2 Å². The zero-order valence-corrected chi connectivity index (χ0v) is 12.7. The molecule has 1 heterocycles. The average molecular weight is 287 g/mol.